The number of likely N-dealkylation sites (N-methyl/N-ethyl adjacent to an activating group) is 1. The molecule has 0 aliphatic heterocycles. The summed E-state index contributed by atoms with van der Waals surface area (Å²) in [5, 5.41) is 9.40. The van der Waals surface area contributed by atoms with Crippen molar-refractivity contribution >= 4 is 17.7 Å². The van der Waals surface area contributed by atoms with Crippen LogP contribution in [0.4, 0.5) is 16.4 Å². The quantitative estimate of drug-likeness (QED) is 0.635. The van der Waals surface area contributed by atoms with E-state index in [9.17, 15) is 9.90 Å². The minimum atomic E-state index is -0.581. The van der Waals surface area contributed by atoms with Crippen LogP contribution in [0.5, 0.6) is 0 Å². The summed E-state index contributed by atoms with van der Waals surface area (Å²) in [7, 11) is 0. The van der Waals surface area contributed by atoms with E-state index in [-0.39, 0.29) is 0 Å². The average Bonchev–Trinajstić information content (AvgIpc) is 2.43. The number of hydrazine groups is 1. The van der Waals surface area contributed by atoms with Crippen LogP contribution in [0.2, 0.25) is 0 Å². The highest BCUT2D eigenvalue weighted by Crippen LogP contribution is 2.10. The smallest absolute Gasteiger partial charge is 0.425 e. The molecule has 0 saturated carbocycles. The van der Waals surface area contributed by atoms with Crippen LogP contribution in [0.25, 0.3) is 0 Å². The van der Waals surface area contributed by atoms with Crippen molar-refractivity contribution in [3.63, 3.8) is 0 Å². The van der Waals surface area contributed by atoms with Gasteiger partial charge in [0.05, 0.1) is 25.1 Å². The Morgan fingerprint density at radius 2 is 2.20 bits per heavy atom. The number of amides is 1. The molecule has 1 atom stereocenters. The van der Waals surface area contributed by atoms with E-state index in [2.05, 4.69) is 25.6 Å². The van der Waals surface area contributed by atoms with E-state index < -0.39 is 12.2 Å². The number of carbonyl (C=O) groups excluding carboxylic acids is 1. The number of carbonyl (C=O) groups is 1. The zero-order valence-electron chi connectivity index (χ0n) is 12.0. The molecule has 8 nitrogen and oxygen atoms in total. The van der Waals surface area contributed by atoms with Crippen molar-refractivity contribution in [2.24, 2.45) is 0 Å². The molecule has 0 aliphatic rings. The van der Waals surface area contributed by atoms with Crippen molar-refractivity contribution in [2.75, 3.05) is 30.0 Å². The van der Waals surface area contributed by atoms with Crippen molar-refractivity contribution in [3.05, 3.63) is 12.4 Å². The third kappa shape index (κ3) is 5.27. The lowest BCUT2D eigenvalue weighted by Gasteiger charge is -2.23. The fourth-order valence-corrected chi connectivity index (χ4v) is 1.53. The van der Waals surface area contributed by atoms with Crippen LogP contribution in [-0.4, -0.2) is 47.0 Å². The van der Waals surface area contributed by atoms with E-state index in [4.69, 9.17) is 0 Å². The Bertz CT molecular complexity index is 410. The summed E-state index contributed by atoms with van der Waals surface area (Å²) in [5.74, 6) is 1.06. The van der Waals surface area contributed by atoms with Crippen LogP contribution in [0.3, 0.4) is 0 Å². The number of anilines is 2. The van der Waals surface area contributed by atoms with E-state index in [1.807, 2.05) is 11.8 Å². The third-order valence-corrected chi connectivity index (χ3v) is 2.40. The third-order valence-electron chi connectivity index (χ3n) is 2.40. The van der Waals surface area contributed by atoms with Crippen molar-refractivity contribution in [1.29, 1.82) is 0 Å². The molecule has 1 aromatic heterocycles. The van der Waals surface area contributed by atoms with Gasteiger partial charge in [-0.05, 0) is 20.8 Å². The zero-order chi connectivity index (χ0) is 15.0. The van der Waals surface area contributed by atoms with Crippen molar-refractivity contribution < 1.29 is 14.6 Å². The number of nitrogens with one attached hydrogen (secondary N) is 2. The van der Waals surface area contributed by atoms with Crippen LogP contribution < -0.4 is 15.8 Å². The summed E-state index contributed by atoms with van der Waals surface area (Å²) in [5.41, 5.74) is 4.92. The van der Waals surface area contributed by atoms with Crippen LogP contribution >= 0.6 is 0 Å². The summed E-state index contributed by atoms with van der Waals surface area (Å²) < 4.78 is 4.69. The molecule has 1 rings (SSSR count). The molecule has 0 aliphatic carbocycles. The Balaban J connectivity index is 2.56. The molecule has 1 aromatic rings. The molecule has 0 radical (unpaired) electrons. The van der Waals surface area contributed by atoms with Crippen LogP contribution in [0.15, 0.2) is 12.4 Å². The van der Waals surface area contributed by atoms with Crippen LogP contribution in [0, 0.1) is 0 Å². The Kier molecular flexibility index (Phi) is 6.51. The predicted molar refractivity (Wildman–Crippen MR) is 75.4 cm³/mol. The first-order valence-electron chi connectivity index (χ1n) is 6.50. The van der Waals surface area contributed by atoms with Gasteiger partial charge in [0.2, 0.25) is 0 Å². The highest BCUT2D eigenvalue weighted by molar-refractivity contribution is 5.68. The van der Waals surface area contributed by atoms with Gasteiger partial charge in [0.25, 0.3) is 0 Å². The highest BCUT2D eigenvalue weighted by atomic mass is 16.5. The van der Waals surface area contributed by atoms with Gasteiger partial charge in [0, 0.05) is 13.1 Å². The highest BCUT2D eigenvalue weighted by Gasteiger charge is 2.09. The molecular formula is C12H21N5O3. The molecule has 0 spiro atoms. The van der Waals surface area contributed by atoms with Gasteiger partial charge in [0.1, 0.15) is 5.82 Å². The number of aliphatic hydroxyl groups is 1. The molecule has 0 aromatic carbocycles. The van der Waals surface area contributed by atoms with E-state index >= 15 is 0 Å². The summed E-state index contributed by atoms with van der Waals surface area (Å²) in [6, 6.07) is 0. The largest absolute Gasteiger partial charge is 0.449 e. The van der Waals surface area contributed by atoms with E-state index in [1.165, 1.54) is 6.20 Å². The lowest BCUT2D eigenvalue weighted by Crippen LogP contribution is -2.32. The first-order valence-corrected chi connectivity index (χ1v) is 6.50. The Hall–Kier alpha value is -2.09. The molecule has 1 heterocycles. The van der Waals surface area contributed by atoms with Gasteiger partial charge in [-0.3, -0.25) is 5.43 Å². The SMILES string of the molecule is CCOC(=O)NNc1cnc(N(CC)CC(C)O)cn1. The molecule has 0 fully saturated rings. The Morgan fingerprint density at radius 3 is 2.70 bits per heavy atom. The molecule has 1 unspecified atom stereocenters. The maximum absolute atomic E-state index is 11.1. The molecule has 20 heavy (non-hydrogen) atoms. The second kappa shape index (κ2) is 8.16. The van der Waals surface area contributed by atoms with Crippen LogP contribution in [0.1, 0.15) is 20.8 Å². The van der Waals surface area contributed by atoms with Crippen molar-refractivity contribution in [3.8, 4) is 0 Å². The van der Waals surface area contributed by atoms with E-state index in [0.29, 0.717) is 31.3 Å². The number of hydrogen-bond donors (Lipinski definition) is 3. The molecule has 0 bridgehead atoms. The molecule has 0 saturated heterocycles. The fraction of sp³-hybridized carbons (Fsp3) is 0.583. The molecular weight excluding hydrogens is 262 g/mol. The number of nitrogens with zero attached hydrogens (tertiary/aromatic N) is 3. The number of rotatable bonds is 7. The summed E-state index contributed by atoms with van der Waals surface area (Å²) in [4.78, 5) is 21.3. The van der Waals surface area contributed by atoms with Crippen LogP contribution in [-0.2, 0) is 4.74 Å². The van der Waals surface area contributed by atoms with E-state index in [0.717, 1.165) is 0 Å². The zero-order valence-corrected chi connectivity index (χ0v) is 12.0. The Labute approximate surface area is 118 Å². The minimum absolute atomic E-state index is 0.295. The summed E-state index contributed by atoms with van der Waals surface area (Å²) in [6.45, 7) is 6.90. The second-order valence-corrected chi connectivity index (χ2v) is 4.12. The predicted octanol–water partition coefficient (Wildman–Crippen LogP) is 0.757. The molecule has 1 amide bonds. The van der Waals surface area contributed by atoms with Gasteiger partial charge >= 0.3 is 6.09 Å². The van der Waals surface area contributed by atoms with Crippen molar-refractivity contribution in [2.45, 2.75) is 26.9 Å². The first-order chi connectivity index (χ1) is 9.56. The number of hydrogen-bond acceptors (Lipinski definition) is 7. The van der Waals surface area contributed by atoms with Gasteiger partial charge in [-0.2, -0.15) is 0 Å². The lowest BCUT2D eigenvalue weighted by atomic mass is 10.3. The molecule has 3 N–H and O–H groups in total. The van der Waals surface area contributed by atoms with E-state index in [1.54, 1.807) is 20.0 Å². The lowest BCUT2D eigenvalue weighted by molar-refractivity contribution is 0.154. The van der Waals surface area contributed by atoms with Gasteiger partial charge in [-0.15, -0.1) is 0 Å². The molecule has 112 valence electrons. The second-order valence-electron chi connectivity index (χ2n) is 4.12. The average molecular weight is 283 g/mol. The molecule has 8 heteroatoms. The maximum atomic E-state index is 11.1. The number of aliphatic hydroxyl groups excluding tert-OH is 1. The summed E-state index contributed by atoms with van der Waals surface area (Å²) in [6.07, 6.45) is 2.04. The number of ether oxygens (including phenoxy) is 1. The first kappa shape index (κ1) is 16.0. The van der Waals surface area contributed by atoms with Gasteiger partial charge in [0.15, 0.2) is 5.82 Å². The summed E-state index contributed by atoms with van der Waals surface area (Å²) >= 11 is 0. The normalized spacial score (nSPS) is 11.6. The van der Waals surface area contributed by atoms with Gasteiger partial charge < -0.3 is 14.7 Å². The monoisotopic (exact) mass is 283 g/mol. The van der Waals surface area contributed by atoms with Gasteiger partial charge in [-0.25, -0.2) is 20.2 Å². The standard InChI is InChI=1S/C12H21N5O3/c1-4-17(8-9(3)18)11-7-13-10(6-14-11)15-16-12(19)20-5-2/h6-7,9,18H,4-5,8H2,1-3H3,(H,13,15)(H,16,19). The number of aromatic nitrogens is 2. The van der Waals surface area contributed by atoms with Gasteiger partial charge in [-0.1, -0.05) is 0 Å². The maximum Gasteiger partial charge on any atom is 0.425 e. The Morgan fingerprint density at radius 1 is 1.45 bits per heavy atom. The fourth-order valence-electron chi connectivity index (χ4n) is 1.53. The minimum Gasteiger partial charge on any atom is -0.449 e. The van der Waals surface area contributed by atoms with Crippen molar-refractivity contribution in [1.82, 2.24) is 15.4 Å². The topological polar surface area (TPSA) is 99.6 Å².